The van der Waals surface area contributed by atoms with Gasteiger partial charge >= 0.3 is 0 Å². The van der Waals surface area contributed by atoms with E-state index in [0.717, 1.165) is 11.4 Å². The first-order valence-corrected chi connectivity index (χ1v) is 21.9. The Bertz CT molecular complexity index is 3680. The van der Waals surface area contributed by atoms with Gasteiger partial charge in [-0.3, -0.25) is 0 Å². The molecule has 1 aliphatic carbocycles. The van der Waals surface area contributed by atoms with Gasteiger partial charge in [-0.05, 0) is 116 Å². The molecule has 1 aliphatic rings. The molecule has 0 amide bonds. The van der Waals surface area contributed by atoms with Gasteiger partial charge < -0.3 is 9.13 Å². The summed E-state index contributed by atoms with van der Waals surface area (Å²) >= 11 is 0. The van der Waals surface area contributed by atoms with Gasteiger partial charge in [0.15, 0.2) is 0 Å². The molecule has 0 bridgehead atoms. The van der Waals surface area contributed by atoms with Crippen LogP contribution in [0.5, 0.6) is 0 Å². The molecule has 0 aliphatic heterocycles. The molecule has 0 N–H and O–H groups in total. The SMILES string of the molecule is c1ccc(-c2ccc3c(c2)-c2ccccc2[C@@H]3c2cccc(-c3ccc(-n4c5ccccc5c5cc(-n6c7ccccc7c7ccccc76)ccc54)cc3-c3ccccc3)c2)cc1. The van der Waals surface area contributed by atoms with Crippen molar-refractivity contribution in [3.05, 3.63) is 253 Å². The molecular weight excluding hydrogens is 761 g/mol. The third-order valence-corrected chi connectivity index (χ3v) is 13.4. The third-order valence-electron chi connectivity index (χ3n) is 13.4. The molecule has 1 atom stereocenters. The maximum atomic E-state index is 2.45. The van der Waals surface area contributed by atoms with Crippen molar-refractivity contribution in [2.75, 3.05) is 0 Å². The van der Waals surface area contributed by atoms with E-state index >= 15 is 0 Å². The number of nitrogens with zero attached hydrogens (tertiary/aromatic N) is 2. The number of para-hydroxylation sites is 3. The predicted octanol–water partition coefficient (Wildman–Crippen LogP) is 16.0. The molecule has 63 heavy (non-hydrogen) atoms. The summed E-state index contributed by atoms with van der Waals surface area (Å²) < 4.78 is 4.86. The second-order valence-electron chi connectivity index (χ2n) is 16.8. The molecular formula is C61H40N2. The van der Waals surface area contributed by atoms with Gasteiger partial charge in [-0.1, -0.05) is 182 Å². The monoisotopic (exact) mass is 800 g/mol. The first kappa shape index (κ1) is 35.5. The molecule has 0 saturated carbocycles. The van der Waals surface area contributed by atoms with Crippen LogP contribution in [0.1, 0.15) is 22.6 Å². The van der Waals surface area contributed by atoms with Gasteiger partial charge in [-0.15, -0.1) is 0 Å². The Morgan fingerprint density at radius 1 is 0.254 bits per heavy atom. The van der Waals surface area contributed by atoms with Crippen molar-refractivity contribution in [1.29, 1.82) is 0 Å². The third kappa shape index (κ3) is 5.58. The molecule has 0 unspecified atom stereocenters. The molecule has 2 aromatic heterocycles. The smallest absolute Gasteiger partial charge is 0.0542 e. The van der Waals surface area contributed by atoms with Crippen molar-refractivity contribution >= 4 is 43.6 Å². The Balaban J connectivity index is 0.956. The highest BCUT2D eigenvalue weighted by atomic mass is 15.0. The zero-order valence-corrected chi connectivity index (χ0v) is 34.5. The summed E-state index contributed by atoms with van der Waals surface area (Å²) in [5.74, 6) is 0.144. The molecule has 294 valence electrons. The molecule has 0 saturated heterocycles. The molecule has 0 spiro atoms. The number of rotatable bonds is 6. The molecule has 0 radical (unpaired) electrons. The fourth-order valence-electron chi connectivity index (χ4n) is 10.6. The predicted molar refractivity (Wildman–Crippen MR) is 264 cm³/mol. The van der Waals surface area contributed by atoms with E-state index in [9.17, 15) is 0 Å². The van der Waals surface area contributed by atoms with Crippen LogP contribution in [0.3, 0.4) is 0 Å². The second-order valence-corrected chi connectivity index (χ2v) is 16.8. The number of aromatic nitrogens is 2. The van der Waals surface area contributed by atoms with E-state index in [0.29, 0.717) is 0 Å². The Morgan fingerprint density at radius 2 is 0.794 bits per heavy atom. The van der Waals surface area contributed by atoms with Gasteiger partial charge in [0, 0.05) is 38.8 Å². The highest BCUT2D eigenvalue weighted by Gasteiger charge is 2.30. The van der Waals surface area contributed by atoms with Crippen LogP contribution in [0.15, 0.2) is 237 Å². The van der Waals surface area contributed by atoms with Gasteiger partial charge in [-0.25, -0.2) is 0 Å². The topological polar surface area (TPSA) is 9.86 Å². The van der Waals surface area contributed by atoms with E-state index in [1.165, 1.54) is 105 Å². The molecule has 2 heterocycles. The normalized spacial score (nSPS) is 13.2. The Hall–Kier alpha value is -8.20. The van der Waals surface area contributed by atoms with Crippen LogP contribution in [0.2, 0.25) is 0 Å². The fraction of sp³-hybridized carbons (Fsp3) is 0.0164. The minimum Gasteiger partial charge on any atom is -0.309 e. The van der Waals surface area contributed by atoms with E-state index in [2.05, 4.69) is 246 Å². The van der Waals surface area contributed by atoms with Crippen molar-refractivity contribution in [3.63, 3.8) is 0 Å². The van der Waals surface area contributed by atoms with Gasteiger partial charge in [0.1, 0.15) is 0 Å². The van der Waals surface area contributed by atoms with E-state index in [4.69, 9.17) is 0 Å². The van der Waals surface area contributed by atoms with Crippen LogP contribution < -0.4 is 0 Å². The lowest BCUT2D eigenvalue weighted by Crippen LogP contribution is -2.00. The average Bonchev–Trinajstić information content (AvgIpc) is 4.00. The summed E-state index contributed by atoms with van der Waals surface area (Å²) in [6, 6.07) is 87.2. The largest absolute Gasteiger partial charge is 0.309 e. The maximum Gasteiger partial charge on any atom is 0.0542 e. The Labute approximate surface area is 366 Å². The number of hydrogen-bond donors (Lipinski definition) is 0. The first-order valence-electron chi connectivity index (χ1n) is 21.9. The lowest BCUT2D eigenvalue weighted by Gasteiger charge is -2.18. The Kier molecular flexibility index (Phi) is 8.01. The summed E-state index contributed by atoms with van der Waals surface area (Å²) in [6.45, 7) is 0. The van der Waals surface area contributed by atoms with Crippen LogP contribution in [0.25, 0.3) is 99.5 Å². The molecule has 2 heteroatoms. The van der Waals surface area contributed by atoms with Gasteiger partial charge in [-0.2, -0.15) is 0 Å². The van der Waals surface area contributed by atoms with Crippen LogP contribution in [-0.4, -0.2) is 9.13 Å². The number of benzene rings is 10. The zero-order valence-electron chi connectivity index (χ0n) is 34.5. The van der Waals surface area contributed by atoms with Gasteiger partial charge in [0.05, 0.1) is 22.1 Å². The maximum absolute atomic E-state index is 2.45. The van der Waals surface area contributed by atoms with Crippen LogP contribution in [-0.2, 0) is 0 Å². The molecule has 0 fully saturated rings. The van der Waals surface area contributed by atoms with E-state index < -0.39 is 0 Å². The van der Waals surface area contributed by atoms with Crippen molar-refractivity contribution in [3.8, 4) is 55.9 Å². The fourth-order valence-corrected chi connectivity index (χ4v) is 10.6. The number of hydrogen-bond acceptors (Lipinski definition) is 0. The first-order chi connectivity index (χ1) is 31.3. The quantitative estimate of drug-likeness (QED) is 0.159. The summed E-state index contributed by atoms with van der Waals surface area (Å²) in [7, 11) is 0. The van der Waals surface area contributed by atoms with Gasteiger partial charge in [0.2, 0.25) is 0 Å². The minimum atomic E-state index is 0.144. The summed E-state index contributed by atoms with van der Waals surface area (Å²) in [6.07, 6.45) is 0. The lowest BCUT2D eigenvalue weighted by molar-refractivity contribution is 1.02. The molecule has 13 rings (SSSR count). The van der Waals surface area contributed by atoms with Crippen molar-refractivity contribution in [2.24, 2.45) is 0 Å². The minimum absolute atomic E-state index is 0.144. The standard InChI is InChI=1S/C61H40N2/c1-3-16-40(17-4-1)42-30-33-53-55(37-42)48-22-7-8-26-52(48)61(53)44-21-15-20-43(36-44)47-34-31-45(38-54(47)41-18-5-2-6-19-41)63-59-29-14-11-25-51(59)56-39-46(32-35-60(56)63)62-57-27-12-9-23-49(57)50-24-10-13-28-58(50)62/h1-39,61H/t61-/m0/s1. The second kappa shape index (κ2) is 14.2. The summed E-state index contributed by atoms with van der Waals surface area (Å²) in [4.78, 5) is 0. The molecule has 12 aromatic rings. The summed E-state index contributed by atoms with van der Waals surface area (Å²) in [5, 5.41) is 5.01. The van der Waals surface area contributed by atoms with Crippen molar-refractivity contribution in [2.45, 2.75) is 5.92 Å². The molecule has 10 aromatic carbocycles. The van der Waals surface area contributed by atoms with E-state index in [1.807, 2.05) is 0 Å². The lowest BCUT2D eigenvalue weighted by atomic mass is 9.86. The highest BCUT2D eigenvalue weighted by Crippen LogP contribution is 2.50. The highest BCUT2D eigenvalue weighted by molar-refractivity contribution is 6.12. The van der Waals surface area contributed by atoms with Gasteiger partial charge in [0.25, 0.3) is 0 Å². The van der Waals surface area contributed by atoms with Crippen LogP contribution in [0.4, 0.5) is 0 Å². The Morgan fingerprint density at radius 3 is 1.51 bits per heavy atom. The molecule has 2 nitrogen and oxygen atoms in total. The zero-order chi connectivity index (χ0) is 41.4. The number of fused-ring (bicyclic) bond motifs is 9. The van der Waals surface area contributed by atoms with Crippen molar-refractivity contribution in [1.82, 2.24) is 9.13 Å². The van der Waals surface area contributed by atoms with E-state index in [1.54, 1.807) is 0 Å². The summed E-state index contributed by atoms with van der Waals surface area (Å²) in [5.41, 5.74) is 21.1. The van der Waals surface area contributed by atoms with Crippen LogP contribution in [0, 0.1) is 0 Å². The van der Waals surface area contributed by atoms with Crippen LogP contribution >= 0.6 is 0 Å². The average molecular weight is 801 g/mol. The van der Waals surface area contributed by atoms with Crippen molar-refractivity contribution < 1.29 is 0 Å². The van der Waals surface area contributed by atoms with E-state index in [-0.39, 0.29) is 5.92 Å².